The second-order valence-corrected chi connectivity index (χ2v) is 2.99. The number of aliphatic hydroxyl groups excluding tert-OH is 1. The Hall–Kier alpha value is -1.25. The zero-order valence-corrected chi connectivity index (χ0v) is 8.30. The molecule has 0 aliphatic carbocycles. The molecule has 0 unspecified atom stereocenters. The lowest BCUT2D eigenvalue weighted by atomic mass is 10.0. The standard InChI is InChI=1S/C9H7ClF2N2O/c10-1-6-7(4-15)5(2-13)3-14-8(6)9(11)12/h3,9,15H,1,4H2. The van der Waals surface area contributed by atoms with Gasteiger partial charge in [0.15, 0.2) is 0 Å². The number of hydrogen-bond donors (Lipinski definition) is 1. The Labute approximate surface area is 89.9 Å². The van der Waals surface area contributed by atoms with Crippen molar-refractivity contribution in [3.63, 3.8) is 0 Å². The van der Waals surface area contributed by atoms with Crippen LogP contribution in [0.25, 0.3) is 0 Å². The van der Waals surface area contributed by atoms with Crippen molar-refractivity contribution in [3.05, 3.63) is 28.6 Å². The van der Waals surface area contributed by atoms with E-state index in [1.807, 2.05) is 0 Å². The number of alkyl halides is 3. The predicted octanol–water partition coefficient (Wildman–Crippen LogP) is 2.12. The van der Waals surface area contributed by atoms with Crippen LogP contribution in [-0.4, -0.2) is 10.1 Å². The molecule has 1 aromatic rings. The van der Waals surface area contributed by atoms with Gasteiger partial charge in [-0.15, -0.1) is 11.6 Å². The minimum Gasteiger partial charge on any atom is -0.392 e. The molecule has 15 heavy (non-hydrogen) atoms. The summed E-state index contributed by atoms with van der Waals surface area (Å²) >= 11 is 5.50. The molecule has 0 bridgehead atoms. The molecule has 3 nitrogen and oxygen atoms in total. The average Bonchev–Trinajstić information content (AvgIpc) is 2.26. The van der Waals surface area contributed by atoms with Gasteiger partial charge in [0.05, 0.1) is 12.2 Å². The van der Waals surface area contributed by atoms with E-state index in [1.54, 1.807) is 6.07 Å². The van der Waals surface area contributed by atoms with Gasteiger partial charge < -0.3 is 5.11 Å². The monoisotopic (exact) mass is 232 g/mol. The molecule has 0 aromatic carbocycles. The van der Waals surface area contributed by atoms with Crippen LogP contribution in [0, 0.1) is 11.3 Å². The van der Waals surface area contributed by atoms with Crippen molar-refractivity contribution in [3.8, 4) is 6.07 Å². The van der Waals surface area contributed by atoms with Gasteiger partial charge in [-0.3, -0.25) is 4.98 Å². The highest BCUT2D eigenvalue weighted by molar-refractivity contribution is 6.17. The molecule has 0 radical (unpaired) electrons. The molecule has 1 rings (SSSR count). The van der Waals surface area contributed by atoms with E-state index < -0.39 is 18.7 Å². The lowest BCUT2D eigenvalue weighted by molar-refractivity contribution is 0.144. The number of nitriles is 1. The minimum absolute atomic E-state index is 0.0354. The van der Waals surface area contributed by atoms with Gasteiger partial charge in [-0.05, 0) is 0 Å². The molecule has 1 N–H and O–H groups in total. The van der Waals surface area contributed by atoms with Gasteiger partial charge in [0, 0.05) is 23.2 Å². The fourth-order valence-corrected chi connectivity index (χ4v) is 1.52. The van der Waals surface area contributed by atoms with Gasteiger partial charge >= 0.3 is 0 Å². The summed E-state index contributed by atoms with van der Waals surface area (Å²) in [5.74, 6) is -0.210. The Morgan fingerprint density at radius 1 is 1.53 bits per heavy atom. The van der Waals surface area contributed by atoms with Crippen molar-refractivity contribution in [1.29, 1.82) is 5.26 Å². The molecule has 0 fully saturated rings. The van der Waals surface area contributed by atoms with Gasteiger partial charge in [0.1, 0.15) is 11.8 Å². The third-order valence-corrected chi connectivity index (χ3v) is 2.22. The summed E-state index contributed by atoms with van der Waals surface area (Å²) < 4.78 is 25.0. The Morgan fingerprint density at radius 3 is 2.60 bits per heavy atom. The quantitative estimate of drug-likeness (QED) is 0.812. The van der Waals surface area contributed by atoms with E-state index in [-0.39, 0.29) is 22.6 Å². The van der Waals surface area contributed by atoms with Crippen LogP contribution in [0.5, 0.6) is 0 Å². The fourth-order valence-electron chi connectivity index (χ4n) is 1.22. The minimum atomic E-state index is -2.77. The van der Waals surface area contributed by atoms with E-state index in [0.29, 0.717) is 0 Å². The Kier molecular flexibility index (Phi) is 3.95. The zero-order valence-electron chi connectivity index (χ0n) is 7.54. The molecule has 0 saturated heterocycles. The molecule has 6 heteroatoms. The van der Waals surface area contributed by atoms with Crippen molar-refractivity contribution in [2.45, 2.75) is 18.9 Å². The van der Waals surface area contributed by atoms with Crippen LogP contribution in [0.3, 0.4) is 0 Å². The third kappa shape index (κ3) is 2.22. The molecule has 1 aromatic heterocycles. The van der Waals surface area contributed by atoms with Gasteiger partial charge in [0.25, 0.3) is 6.43 Å². The summed E-state index contributed by atoms with van der Waals surface area (Å²) in [5, 5.41) is 17.7. The summed E-state index contributed by atoms with van der Waals surface area (Å²) in [6.07, 6.45) is -1.75. The SMILES string of the molecule is N#Cc1cnc(C(F)F)c(CCl)c1CO. The molecule has 0 spiro atoms. The van der Waals surface area contributed by atoms with Crippen molar-refractivity contribution >= 4 is 11.6 Å². The summed E-state index contributed by atoms with van der Waals surface area (Å²) in [4.78, 5) is 3.46. The maximum Gasteiger partial charge on any atom is 0.280 e. The van der Waals surface area contributed by atoms with Crippen molar-refractivity contribution in [2.24, 2.45) is 0 Å². The normalized spacial score (nSPS) is 10.4. The van der Waals surface area contributed by atoms with E-state index in [0.717, 1.165) is 6.20 Å². The molecule has 0 amide bonds. The number of hydrogen-bond acceptors (Lipinski definition) is 3. The lowest BCUT2D eigenvalue weighted by Crippen LogP contribution is -2.05. The summed E-state index contributed by atoms with van der Waals surface area (Å²) in [5.41, 5.74) is -0.253. The Bertz CT molecular complexity index is 404. The molecular weight excluding hydrogens is 226 g/mol. The van der Waals surface area contributed by atoms with Crippen LogP contribution >= 0.6 is 11.6 Å². The Balaban J connectivity index is 3.42. The molecule has 0 aliphatic rings. The van der Waals surface area contributed by atoms with Crippen LogP contribution in [-0.2, 0) is 12.5 Å². The van der Waals surface area contributed by atoms with E-state index in [2.05, 4.69) is 4.98 Å². The maximum absolute atomic E-state index is 12.5. The highest BCUT2D eigenvalue weighted by Crippen LogP contribution is 2.26. The number of aromatic nitrogens is 1. The second kappa shape index (κ2) is 5.01. The highest BCUT2D eigenvalue weighted by atomic mass is 35.5. The van der Waals surface area contributed by atoms with Gasteiger partial charge in [0.2, 0.25) is 0 Å². The predicted molar refractivity (Wildman–Crippen MR) is 49.4 cm³/mol. The average molecular weight is 233 g/mol. The van der Waals surface area contributed by atoms with Gasteiger partial charge in [-0.2, -0.15) is 5.26 Å². The Morgan fingerprint density at radius 2 is 2.20 bits per heavy atom. The molecule has 0 aliphatic heterocycles. The second-order valence-electron chi connectivity index (χ2n) is 2.72. The molecular formula is C9H7ClF2N2O. The summed E-state index contributed by atoms with van der Waals surface area (Å²) in [7, 11) is 0. The molecule has 0 atom stereocenters. The van der Waals surface area contributed by atoms with Crippen LogP contribution < -0.4 is 0 Å². The van der Waals surface area contributed by atoms with Gasteiger partial charge in [-0.25, -0.2) is 8.78 Å². The molecule has 1 heterocycles. The first-order valence-corrected chi connectivity index (χ1v) is 4.54. The number of pyridine rings is 1. The molecule has 80 valence electrons. The lowest BCUT2D eigenvalue weighted by Gasteiger charge is -2.10. The van der Waals surface area contributed by atoms with Crippen LogP contribution in [0.15, 0.2) is 6.20 Å². The maximum atomic E-state index is 12.5. The van der Waals surface area contributed by atoms with Crippen molar-refractivity contribution < 1.29 is 13.9 Å². The summed E-state index contributed by atoms with van der Waals surface area (Å²) in [6.45, 7) is -0.507. The first-order chi connectivity index (χ1) is 7.15. The van der Waals surface area contributed by atoms with Crippen molar-refractivity contribution in [1.82, 2.24) is 4.98 Å². The number of halogens is 3. The zero-order chi connectivity index (χ0) is 11.4. The third-order valence-electron chi connectivity index (χ3n) is 1.95. The smallest absolute Gasteiger partial charge is 0.280 e. The van der Waals surface area contributed by atoms with Crippen molar-refractivity contribution in [2.75, 3.05) is 0 Å². The van der Waals surface area contributed by atoms with E-state index in [9.17, 15) is 8.78 Å². The van der Waals surface area contributed by atoms with E-state index >= 15 is 0 Å². The molecule has 0 saturated carbocycles. The highest BCUT2D eigenvalue weighted by Gasteiger charge is 2.19. The number of aliphatic hydroxyl groups is 1. The fraction of sp³-hybridized carbons (Fsp3) is 0.333. The van der Waals surface area contributed by atoms with Gasteiger partial charge in [-0.1, -0.05) is 0 Å². The first-order valence-electron chi connectivity index (χ1n) is 4.01. The first kappa shape index (κ1) is 11.8. The topological polar surface area (TPSA) is 56.9 Å². The van der Waals surface area contributed by atoms with Crippen LogP contribution in [0.2, 0.25) is 0 Å². The van der Waals surface area contributed by atoms with Crippen LogP contribution in [0.4, 0.5) is 8.78 Å². The van der Waals surface area contributed by atoms with E-state index in [1.165, 1.54) is 0 Å². The van der Waals surface area contributed by atoms with E-state index in [4.69, 9.17) is 22.0 Å². The largest absolute Gasteiger partial charge is 0.392 e. The number of rotatable bonds is 3. The van der Waals surface area contributed by atoms with Crippen LogP contribution in [0.1, 0.15) is 28.8 Å². The number of nitrogens with zero attached hydrogens (tertiary/aromatic N) is 2. The summed E-state index contributed by atoms with van der Waals surface area (Å²) in [6, 6.07) is 1.76.